The summed E-state index contributed by atoms with van der Waals surface area (Å²) in [5, 5.41) is 16.4. The van der Waals surface area contributed by atoms with Crippen molar-refractivity contribution in [2.75, 3.05) is 41.8 Å². The fourth-order valence-electron chi connectivity index (χ4n) is 4.08. The number of rotatable bonds is 16. The molecule has 0 amide bonds. The summed E-state index contributed by atoms with van der Waals surface area (Å²) in [6.07, 6.45) is 14.6. The highest BCUT2D eigenvalue weighted by molar-refractivity contribution is 8.76. The molecule has 210 valence electrons. The standard InChI is InChI=1S/C34H41N3OS2/c1-4-5-6-9-28(2)26-30-11-15-32(16-12-30)35-19-24-39-40-25-20-36-33-17-13-31(14-18-33)27-29(3)34-10-7-8-21-37(34)22-23-38/h4-18,21,26-27,35,38H,19-20,22-25H2,1-3H3/p+1/b5-4-,9-6+,28-26+. The third kappa shape index (κ3) is 11.5. The van der Waals surface area contributed by atoms with Crippen LogP contribution in [0.5, 0.6) is 0 Å². The van der Waals surface area contributed by atoms with Gasteiger partial charge in [0.25, 0.3) is 0 Å². The first-order chi connectivity index (χ1) is 19.6. The second kappa shape index (κ2) is 18.2. The zero-order chi connectivity index (χ0) is 28.4. The molecule has 0 saturated heterocycles. The number of hydrogen-bond acceptors (Lipinski definition) is 5. The molecule has 0 unspecified atom stereocenters. The van der Waals surface area contributed by atoms with E-state index < -0.39 is 0 Å². The molecule has 0 aliphatic rings. The van der Waals surface area contributed by atoms with E-state index in [2.05, 4.69) is 108 Å². The molecule has 0 spiro atoms. The first kappa shape index (κ1) is 31.3. The van der Waals surface area contributed by atoms with E-state index in [0.717, 1.165) is 41.7 Å². The van der Waals surface area contributed by atoms with Gasteiger partial charge in [-0.1, -0.05) is 81.8 Å². The highest BCUT2D eigenvalue weighted by atomic mass is 33.1. The summed E-state index contributed by atoms with van der Waals surface area (Å²) in [7, 11) is 3.81. The molecule has 4 nitrogen and oxygen atoms in total. The lowest BCUT2D eigenvalue weighted by atomic mass is 10.1. The number of aromatic nitrogens is 1. The average Bonchev–Trinajstić information content (AvgIpc) is 2.97. The summed E-state index contributed by atoms with van der Waals surface area (Å²) in [5.41, 5.74) is 8.20. The van der Waals surface area contributed by atoms with E-state index in [1.54, 1.807) is 0 Å². The van der Waals surface area contributed by atoms with Gasteiger partial charge in [0, 0.05) is 53.7 Å². The number of anilines is 2. The number of pyridine rings is 1. The van der Waals surface area contributed by atoms with Crippen LogP contribution >= 0.6 is 21.6 Å². The second-order valence-electron chi connectivity index (χ2n) is 9.35. The number of hydrogen-bond donors (Lipinski definition) is 3. The van der Waals surface area contributed by atoms with Gasteiger partial charge in [-0.05, 0) is 68.3 Å². The van der Waals surface area contributed by atoms with Crippen molar-refractivity contribution in [3.05, 3.63) is 120 Å². The lowest BCUT2D eigenvalue weighted by molar-refractivity contribution is -0.700. The van der Waals surface area contributed by atoms with Crippen LogP contribution in [0.25, 0.3) is 17.7 Å². The van der Waals surface area contributed by atoms with Crippen molar-refractivity contribution in [1.29, 1.82) is 0 Å². The van der Waals surface area contributed by atoms with Gasteiger partial charge in [-0.3, -0.25) is 0 Å². The summed E-state index contributed by atoms with van der Waals surface area (Å²) in [6.45, 7) is 8.86. The Balaban J connectivity index is 1.31. The van der Waals surface area contributed by atoms with Gasteiger partial charge in [0.1, 0.15) is 6.61 Å². The smallest absolute Gasteiger partial charge is 0.208 e. The Bertz CT molecular complexity index is 1280. The number of benzene rings is 2. The Kier molecular flexibility index (Phi) is 14.3. The molecule has 0 atom stereocenters. The molecule has 3 rings (SSSR count). The molecule has 3 aromatic rings. The van der Waals surface area contributed by atoms with Gasteiger partial charge in [0.2, 0.25) is 5.69 Å². The van der Waals surface area contributed by atoms with Crippen LogP contribution in [0.4, 0.5) is 11.4 Å². The van der Waals surface area contributed by atoms with Crippen molar-refractivity contribution in [2.45, 2.75) is 27.3 Å². The monoisotopic (exact) mass is 572 g/mol. The lowest BCUT2D eigenvalue weighted by Crippen LogP contribution is -2.38. The minimum atomic E-state index is 0.131. The van der Waals surface area contributed by atoms with Crippen LogP contribution < -0.4 is 15.2 Å². The molecule has 0 bridgehead atoms. The molecule has 0 radical (unpaired) electrons. The van der Waals surface area contributed by atoms with Crippen LogP contribution in [0, 0.1) is 0 Å². The van der Waals surface area contributed by atoms with E-state index in [1.165, 1.54) is 22.3 Å². The second-order valence-corrected chi connectivity index (χ2v) is 12.0. The highest BCUT2D eigenvalue weighted by Crippen LogP contribution is 2.22. The van der Waals surface area contributed by atoms with Crippen LogP contribution in [-0.2, 0) is 6.54 Å². The zero-order valence-electron chi connectivity index (χ0n) is 23.8. The van der Waals surface area contributed by atoms with E-state index in [-0.39, 0.29) is 6.61 Å². The zero-order valence-corrected chi connectivity index (χ0v) is 25.5. The van der Waals surface area contributed by atoms with Crippen LogP contribution in [-0.4, -0.2) is 36.3 Å². The minimum Gasteiger partial charge on any atom is -0.390 e. The number of allylic oxidation sites excluding steroid dienone is 6. The van der Waals surface area contributed by atoms with Crippen molar-refractivity contribution < 1.29 is 9.67 Å². The average molecular weight is 573 g/mol. The molecule has 40 heavy (non-hydrogen) atoms. The molecule has 1 aromatic heterocycles. The SMILES string of the molecule is C\C=C/C=C/C(C)=C/c1ccc(NCCSSCCNc2ccc(/C=C(\C)c3cccc[n+]3CCO)cc2)cc1. The number of aliphatic hydroxyl groups is 1. The molecule has 3 N–H and O–H groups in total. The number of aliphatic hydroxyl groups excluding tert-OH is 1. The van der Waals surface area contributed by atoms with Crippen LogP contribution in [0.1, 0.15) is 37.6 Å². The van der Waals surface area contributed by atoms with Crippen LogP contribution in [0.3, 0.4) is 0 Å². The highest BCUT2D eigenvalue weighted by Gasteiger charge is 2.10. The van der Waals surface area contributed by atoms with E-state index in [1.807, 2.05) is 59.0 Å². The molecule has 1 heterocycles. The summed E-state index contributed by atoms with van der Waals surface area (Å²) in [4.78, 5) is 0. The van der Waals surface area contributed by atoms with E-state index in [9.17, 15) is 5.11 Å². The minimum absolute atomic E-state index is 0.131. The molecule has 0 fully saturated rings. The summed E-state index contributed by atoms with van der Waals surface area (Å²) >= 11 is 0. The van der Waals surface area contributed by atoms with Gasteiger partial charge in [-0.15, -0.1) is 0 Å². The van der Waals surface area contributed by atoms with Gasteiger partial charge in [-0.2, -0.15) is 4.57 Å². The third-order valence-electron chi connectivity index (χ3n) is 6.06. The molecular weight excluding hydrogens is 531 g/mol. The molecule has 2 aromatic carbocycles. The summed E-state index contributed by atoms with van der Waals surface area (Å²) in [5.74, 6) is 2.11. The first-order valence-corrected chi connectivity index (χ1v) is 16.3. The Morgan fingerprint density at radius 1 is 0.800 bits per heavy atom. The van der Waals surface area contributed by atoms with E-state index in [0.29, 0.717) is 6.54 Å². The van der Waals surface area contributed by atoms with Crippen molar-refractivity contribution in [3.8, 4) is 0 Å². The van der Waals surface area contributed by atoms with Gasteiger partial charge >= 0.3 is 0 Å². The predicted octanol–water partition coefficient (Wildman–Crippen LogP) is 7.97. The largest absolute Gasteiger partial charge is 0.390 e. The van der Waals surface area contributed by atoms with Crippen LogP contribution in [0.15, 0.2) is 103 Å². The Labute approximate surface area is 248 Å². The van der Waals surface area contributed by atoms with Gasteiger partial charge < -0.3 is 15.7 Å². The predicted molar refractivity (Wildman–Crippen MR) is 180 cm³/mol. The maximum atomic E-state index is 9.33. The van der Waals surface area contributed by atoms with Crippen molar-refractivity contribution in [3.63, 3.8) is 0 Å². The van der Waals surface area contributed by atoms with E-state index >= 15 is 0 Å². The Hall–Kier alpha value is -3.19. The van der Waals surface area contributed by atoms with E-state index in [4.69, 9.17) is 0 Å². The molecule has 0 saturated carbocycles. The first-order valence-electron chi connectivity index (χ1n) is 13.8. The fourth-order valence-corrected chi connectivity index (χ4v) is 5.89. The molecule has 0 aliphatic carbocycles. The van der Waals surface area contributed by atoms with Gasteiger partial charge in [0.05, 0.1) is 0 Å². The molecule has 0 aliphatic heterocycles. The molecule has 6 heteroatoms. The Morgan fingerprint density at radius 3 is 1.98 bits per heavy atom. The van der Waals surface area contributed by atoms with Crippen LogP contribution in [0.2, 0.25) is 0 Å². The molecular formula is C34H42N3OS2+. The van der Waals surface area contributed by atoms with Crippen molar-refractivity contribution in [2.24, 2.45) is 0 Å². The summed E-state index contributed by atoms with van der Waals surface area (Å²) in [6, 6.07) is 23.3. The fraction of sp³-hybridized carbons (Fsp3) is 0.265. The lowest BCUT2D eigenvalue weighted by Gasteiger charge is -2.08. The van der Waals surface area contributed by atoms with Crippen molar-refractivity contribution in [1.82, 2.24) is 0 Å². The maximum Gasteiger partial charge on any atom is 0.208 e. The third-order valence-corrected chi connectivity index (χ3v) is 8.47. The van der Waals surface area contributed by atoms with Gasteiger partial charge in [0.15, 0.2) is 12.7 Å². The number of nitrogens with one attached hydrogen (secondary N) is 2. The summed E-state index contributed by atoms with van der Waals surface area (Å²) < 4.78 is 2.08. The van der Waals surface area contributed by atoms with Gasteiger partial charge in [-0.25, -0.2) is 0 Å². The number of nitrogens with zero attached hydrogens (tertiary/aromatic N) is 1. The normalized spacial score (nSPS) is 12.4. The van der Waals surface area contributed by atoms with Crippen molar-refractivity contribution >= 4 is 50.7 Å². The quantitative estimate of drug-likeness (QED) is 0.0703. The topological polar surface area (TPSA) is 48.2 Å². The Morgan fingerprint density at radius 2 is 1.40 bits per heavy atom. The maximum absolute atomic E-state index is 9.33.